The van der Waals surface area contributed by atoms with E-state index in [4.69, 9.17) is 15.2 Å². The molecule has 1 unspecified atom stereocenters. The average molecular weight is 248 g/mol. The van der Waals surface area contributed by atoms with Crippen LogP contribution in [0.3, 0.4) is 0 Å². The molecule has 0 bridgehead atoms. The molecule has 4 heteroatoms. The predicted molar refractivity (Wildman–Crippen MR) is 69.6 cm³/mol. The van der Waals surface area contributed by atoms with Crippen LogP contribution >= 0.6 is 0 Å². The molecular weight excluding hydrogens is 228 g/mol. The van der Waals surface area contributed by atoms with E-state index in [1.165, 1.54) is 24.9 Å². The van der Waals surface area contributed by atoms with Crippen molar-refractivity contribution in [1.29, 1.82) is 0 Å². The third-order valence-corrected chi connectivity index (χ3v) is 3.78. The van der Waals surface area contributed by atoms with Crippen LogP contribution < -0.4 is 15.2 Å². The summed E-state index contributed by atoms with van der Waals surface area (Å²) in [5.41, 5.74) is 7.06. The first-order valence-corrected chi connectivity index (χ1v) is 6.66. The molecule has 1 aromatic carbocycles. The highest BCUT2D eigenvalue weighted by molar-refractivity contribution is 5.44. The van der Waals surface area contributed by atoms with Crippen molar-refractivity contribution in [2.24, 2.45) is 11.7 Å². The number of ether oxygens (including phenoxy) is 2. The normalized spacial score (nSPS) is 23.3. The van der Waals surface area contributed by atoms with Gasteiger partial charge in [-0.25, -0.2) is 0 Å². The monoisotopic (exact) mass is 248 g/mol. The van der Waals surface area contributed by atoms with E-state index >= 15 is 0 Å². The van der Waals surface area contributed by atoms with Gasteiger partial charge in [0.15, 0.2) is 11.5 Å². The van der Waals surface area contributed by atoms with Crippen molar-refractivity contribution in [1.82, 2.24) is 4.90 Å². The second-order valence-electron chi connectivity index (χ2n) is 5.17. The lowest BCUT2D eigenvalue weighted by Gasteiger charge is -2.32. The summed E-state index contributed by atoms with van der Waals surface area (Å²) in [7, 11) is 0. The molecule has 0 spiro atoms. The van der Waals surface area contributed by atoms with Gasteiger partial charge in [0.05, 0.1) is 0 Å². The van der Waals surface area contributed by atoms with Crippen LogP contribution in [0.4, 0.5) is 0 Å². The van der Waals surface area contributed by atoms with Gasteiger partial charge in [-0.3, -0.25) is 4.90 Å². The molecule has 98 valence electrons. The zero-order chi connectivity index (χ0) is 12.4. The maximum absolute atomic E-state index is 5.77. The Balaban J connectivity index is 1.65. The number of benzene rings is 1. The van der Waals surface area contributed by atoms with Gasteiger partial charge in [-0.2, -0.15) is 0 Å². The maximum Gasteiger partial charge on any atom is 0.231 e. The minimum atomic E-state index is 0.345. The zero-order valence-corrected chi connectivity index (χ0v) is 10.6. The van der Waals surface area contributed by atoms with Crippen molar-refractivity contribution in [3.8, 4) is 11.5 Å². The summed E-state index contributed by atoms with van der Waals surface area (Å²) >= 11 is 0. The molecular formula is C14H20N2O2. The van der Waals surface area contributed by atoms with Crippen LogP contribution in [0.5, 0.6) is 11.5 Å². The van der Waals surface area contributed by atoms with Gasteiger partial charge in [0.1, 0.15) is 0 Å². The van der Waals surface area contributed by atoms with Crippen LogP contribution in [0, 0.1) is 5.92 Å². The van der Waals surface area contributed by atoms with E-state index in [9.17, 15) is 0 Å². The summed E-state index contributed by atoms with van der Waals surface area (Å²) in [6, 6.07) is 6.22. The SMILES string of the molecule is NCC1CCCN(Cc2ccc3c(c2)OCO3)C1. The Labute approximate surface area is 108 Å². The predicted octanol–water partition coefficient (Wildman–Crippen LogP) is 1.59. The lowest BCUT2D eigenvalue weighted by Crippen LogP contribution is -2.37. The Morgan fingerprint density at radius 3 is 3.06 bits per heavy atom. The molecule has 1 saturated heterocycles. The lowest BCUT2D eigenvalue weighted by molar-refractivity contribution is 0.170. The fourth-order valence-corrected chi connectivity index (χ4v) is 2.78. The van der Waals surface area contributed by atoms with Crippen molar-refractivity contribution in [2.75, 3.05) is 26.4 Å². The van der Waals surface area contributed by atoms with E-state index in [0.717, 1.165) is 31.1 Å². The van der Waals surface area contributed by atoms with Crippen LogP contribution in [-0.4, -0.2) is 31.3 Å². The van der Waals surface area contributed by atoms with E-state index in [2.05, 4.69) is 17.0 Å². The smallest absolute Gasteiger partial charge is 0.231 e. The summed E-state index contributed by atoms with van der Waals surface area (Å²) in [4.78, 5) is 2.48. The number of fused-ring (bicyclic) bond motifs is 1. The van der Waals surface area contributed by atoms with E-state index < -0.39 is 0 Å². The second-order valence-corrected chi connectivity index (χ2v) is 5.17. The Morgan fingerprint density at radius 2 is 2.17 bits per heavy atom. The maximum atomic E-state index is 5.77. The standard InChI is InChI=1S/C14H20N2O2/c15-7-12-2-1-5-16(9-12)8-11-3-4-13-14(6-11)18-10-17-13/h3-4,6,12H,1-2,5,7-10,15H2. The fourth-order valence-electron chi connectivity index (χ4n) is 2.78. The molecule has 0 radical (unpaired) electrons. The summed E-state index contributed by atoms with van der Waals surface area (Å²) in [6.07, 6.45) is 2.53. The Bertz CT molecular complexity index is 422. The molecule has 2 aliphatic heterocycles. The van der Waals surface area contributed by atoms with Crippen molar-refractivity contribution in [3.05, 3.63) is 23.8 Å². The van der Waals surface area contributed by atoms with E-state index in [1.807, 2.05) is 6.07 Å². The van der Waals surface area contributed by atoms with Crippen LogP contribution in [-0.2, 0) is 6.54 Å². The molecule has 2 aliphatic rings. The molecule has 2 heterocycles. The molecule has 3 rings (SSSR count). The number of piperidine rings is 1. The van der Waals surface area contributed by atoms with Gasteiger partial charge < -0.3 is 15.2 Å². The Kier molecular flexibility index (Phi) is 3.39. The van der Waals surface area contributed by atoms with Crippen molar-refractivity contribution in [2.45, 2.75) is 19.4 Å². The van der Waals surface area contributed by atoms with Crippen molar-refractivity contribution in [3.63, 3.8) is 0 Å². The number of hydrogen-bond donors (Lipinski definition) is 1. The number of hydrogen-bond acceptors (Lipinski definition) is 4. The third-order valence-electron chi connectivity index (χ3n) is 3.78. The molecule has 0 amide bonds. The molecule has 4 nitrogen and oxygen atoms in total. The quantitative estimate of drug-likeness (QED) is 0.882. The molecule has 2 N–H and O–H groups in total. The van der Waals surface area contributed by atoms with Gasteiger partial charge in [0.2, 0.25) is 6.79 Å². The molecule has 0 saturated carbocycles. The first-order chi connectivity index (χ1) is 8.85. The topological polar surface area (TPSA) is 47.7 Å². The summed E-state index contributed by atoms with van der Waals surface area (Å²) in [5, 5.41) is 0. The lowest BCUT2D eigenvalue weighted by atomic mass is 9.98. The van der Waals surface area contributed by atoms with Crippen LogP contribution in [0.2, 0.25) is 0 Å². The van der Waals surface area contributed by atoms with Crippen LogP contribution in [0.1, 0.15) is 18.4 Å². The highest BCUT2D eigenvalue weighted by atomic mass is 16.7. The molecule has 1 aromatic rings. The molecule has 1 fully saturated rings. The summed E-state index contributed by atoms with van der Waals surface area (Å²) in [6.45, 7) is 4.42. The van der Waals surface area contributed by atoms with Gasteiger partial charge in [0.25, 0.3) is 0 Å². The number of nitrogens with two attached hydrogens (primary N) is 1. The van der Waals surface area contributed by atoms with Crippen LogP contribution in [0.25, 0.3) is 0 Å². The molecule has 1 atom stereocenters. The van der Waals surface area contributed by atoms with Crippen molar-refractivity contribution < 1.29 is 9.47 Å². The van der Waals surface area contributed by atoms with E-state index in [1.54, 1.807) is 0 Å². The van der Waals surface area contributed by atoms with E-state index in [0.29, 0.717) is 12.7 Å². The second kappa shape index (κ2) is 5.16. The third kappa shape index (κ3) is 2.44. The van der Waals surface area contributed by atoms with Gasteiger partial charge >= 0.3 is 0 Å². The Morgan fingerprint density at radius 1 is 1.28 bits per heavy atom. The van der Waals surface area contributed by atoms with Gasteiger partial charge in [-0.15, -0.1) is 0 Å². The minimum absolute atomic E-state index is 0.345. The van der Waals surface area contributed by atoms with E-state index in [-0.39, 0.29) is 0 Å². The van der Waals surface area contributed by atoms with Crippen molar-refractivity contribution >= 4 is 0 Å². The first kappa shape index (κ1) is 11.8. The molecule has 0 aliphatic carbocycles. The molecule has 18 heavy (non-hydrogen) atoms. The highest BCUT2D eigenvalue weighted by Gasteiger charge is 2.20. The largest absolute Gasteiger partial charge is 0.454 e. The average Bonchev–Trinajstić information content (AvgIpc) is 2.86. The van der Waals surface area contributed by atoms with Gasteiger partial charge in [-0.05, 0) is 49.5 Å². The van der Waals surface area contributed by atoms with Crippen LogP contribution in [0.15, 0.2) is 18.2 Å². The molecule has 0 aromatic heterocycles. The highest BCUT2D eigenvalue weighted by Crippen LogP contribution is 2.33. The first-order valence-electron chi connectivity index (χ1n) is 6.66. The number of nitrogens with zero attached hydrogens (tertiary/aromatic N) is 1. The minimum Gasteiger partial charge on any atom is -0.454 e. The summed E-state index contributed by atoms with van der Waals surface area (Å²) in [5.74, 6) is 2.39. The zero-order valence-electron chi connectivity index (χ0n) is 10.6. The fraction of sp³-hybridized carbons (Fsp3) is 0.571. The Hall–Kier alpha value is -1.26. The summed E-state index contributed by atoms with van der Waals surface area (Å²) < 4.78 is 10.7. The number of likely N-dealkylation sites (tertiary alicyclic amines) is 1. The number of rotatable bonds is 3. The van der Waals surface area contributed by atoms with Gasteiger partial charge in [0, 0.05) is 13.1 Å². The van der Waals surface area contributed by atoms with Gasteiger partial charge in [-0.1, -0.05) is 6.07 Å².